The second kappa shape index (κ2) is 5.14. The molecule has 0 radical (unpaired) electrons. The van der Waals surface area contributed by atoms with Gasteiger partial charge < -0.3 is 11.1 Å². The van der Waals surface area contributed by atoms with Gasteiger partial charge in [-0.25, -0.2) is 4.68 Å². The third kappa shape index (κ3) is 2.93. The quantitative estimate of drug-likeness (QED) is 0.831. The zero-order valence-corrected chi connectivity index (χ0v) is 11.3. The molecule has 0 aliphatic heterocycles. The van der Waals surface area contributed by atoms with Crippen LogP contribution in [-0.4, -0.2) is 15.7 Å². The van der Waals surface area contributed by atoms with Crippen LogP contribution in [0, 0.1) is 6.92 Å². The van der Waals surface area contributed by atoms with Crippen LogP contribution in [0.25, 0.3) is 0 Å². The number of rotatable bonds is 3. The van der Waals surface area contributed by atoms with Gasteiger partial charge >= 0.3 is 0 Å². The van der Waals surface area contributed by atoms with Crippen LogP contribution in [-0.2, 0) is 0 Å². The first-order chi connectivity index (χ1) is 8.97. The highest BCUT2D eigenvalue weighted by Gasteiger charge is 2.11. The van der Waals surface area contributed by atoms with E-state index < -0.39 is 0 Å². The summed E-state index contributed by atoms with van der Waals surface area (Å²) in [6, 6.07) is 7.26. The van der Waals surface area contributed by atoms with E-state index >= 15 is 0 Å². The molecule has 1 heterocycles. The smallest absolute Gasteiger partial charge is 0.256 e. The lowest BCUT2D eigenvalue weighted by Crippen LogP contribution is -2.17. The topological polar surface area (TPSA) is 72.9 Å². The van der Waals surface area contributed by atoms with Crippen molar-refractivity contribution < 1.29 is 4.79 Å². The minimum Gasteiger partial charge on any atom is -0.399 e. The number of amides is 1. The predicted molar refractivity (Wildman–Crippen MR) is 76.2 cm³/mol. The van der Waals surface area contributed by atoms with Gasteiger partial charge in [0.05, 0.1) is 6.20 Å². The van der Waals surface area contributed by atoms with Crippen molar-refractivity contribution in [3.8, 4) is 0 Å². The van der Waals surface area contributed by atoms with Gasteiger partial charge in [0.15, 0.2) is 0 Å². The molecule has 0 atom stereocenters. The van der Waals surface area contributed by atoms with Gasteiger partial charge in [-0.1, -0.05) is 0 Å². The summed E-state index contributed by atoms with van der Waals surface area (Å²) >= 11 is 0. The molecular weight excluding hydrogens is 240 g/mol. The zero-order valence-electron chi connectivity index (χ0n) is 11.3. The number of nitrogens with one attached hydrogen (secondary N) is 1. The lowest BCUT2D eigenvalue weighted by atomic mass is 10.1. The molecule has 1 aromatic carbocycles. The number of carbonyl (C=O) groups excluding carboxylic acids is 1. The molecule has 0 unspecified atom stereocenters. The van der Waals surface area contributed by atoms with Crippen LogP contribution >= 0.6 is 0 Å². The Hall–Kier alpha value is -2.30. The van der Waals surface area contributed by atoms with Gasteiger partial charge in [0.2, 0.25) is 0 Å². The summed E-state index contributed by atoms with van der Waals surface area (Å²) in [4.78, 5) is 12.2. The Morgan fingerprint density at radius 1 is 1.37 bits per heavy atom. The van der Waals surface area contributed by atoms with Gasteiger partial charge in [-0.05, 0) is 44.5 Å². The van der Waals surface area contributed by atoms with Crippen LogP contribution in [0.15, 0.2) is 30.5 Å². The summed E-state index contributed by atoms with van der Waals surface area (Å²) < 4.78 is 1.76. The van der Waals surface area contributed by atoms with Crippen LogP contribution in [0.2, 0.25) is 0 Å². The van der Waals surface area contributed by atoms with Crippen molar-refractivity contribution in [1.82, 2.24) is 9.78 Å². The molecule has 0 fully saturated rings. The largest absolute Gasteiger partial charge is 0.399 e. The molecule has 2 aromatic rings. The molecule has 0 saturated carbocycles. The number of benzene rings is 1. The highest BCUT2D eigenvalue weighted by atomic mass is 16.1. The van der Waals surface area contributed by atoms with Crippen molar-refractivity contribution in [3.63, 3.8) is 0 Å². The molecule has 1 aromatic heterocycles. The van der Waals surface area contributed by atoms with E-state index in [-0.39, 0.29) is 11.9 Å². The summed E-state index contributed by atoms with van der Waals surface area (Å²) in [7, 11) is 0. The van der Waals surface area contributed by atoms with Crippen molar-refractivity contribution in [3.05, 3.63) is 41.6 Å². The zero-order chi connectivity index (χ0) is 14.0. The summed E-state index contributed by atoms with van der Waals surface area (Å²) in [6.07, 6.45) is 1.67. The first-order valence-corrected chi connectivity index (χ1v) is 6.19. The molecule has 0 bridgehead atoms. The highest BCUT2D eigenvalue weighted by Crippen LogP contribution is 2.16. The molecule has 19 heavy (non-hydrogen) atoms. The number of aromatic nitrogens is 2. The summed E-state index contributed by atoms with van der Waals surface area (Å²) in [5, 5.41) is 7.02. The monoisotopic (exact) mass is 258 g/mol. The number of nitrogen functional groups attached to an aromatic ring is 1. The molecule has 5 nitrogen and oxygen atoms in total. The van der Waals surface area contributed by atoms with E-state index in [4.69, 9.17) is 5.73 Å². The SMILES string of the molecule is Cc1cc(N)cc(C(=O)Nc2ccnn2C(C)C)c1. The van der Waals surface area contributed by atoms with Crippen LogP contribution in [0.3, 0.4) is 0 Å². The van der Waals surface area contributed by atoms with Crippen molar-refractivity contribution in [2.45, 2.75) is 26.8 Å². The molecule has 0 spiro atoms. The molecule has 2 rings (SSSR count). The van der Waals surface area contributed by atoms with Crippen LogP contribution in [0.4, 0.5) is 11.5 Å². The Morgan fingerprint density at radius 2 is 2.11 bits per heavy atom. The number of aryl methyl sites for hydroxylation is 1. The maximum atomic E-state index is 12.2. The van der Waals surface area contributed by atoms with E-state index in [2.05, 4.69) is 10.4 Å². The van der Waals surface area contributed by atoms with Gasteiger partial charge in [0.25, 0.3) is 5.91 Å². The van der Waals surface area contributed by atoms with E-state index in [1.165, 1.54) is 0 Å². The predicted octanol–water partition coefficient (Wildman–Crippen LogP) is 2.61. The number of carbonyl (C=O) groups is 1. The maximum Gasteiger partial charge on any atom is 0.256 e. The standard InChI is InChI=1S/C14H18N4O/c1-9(2)18-13(4-5-16-18)17-14(19)11-6-10(3)7-12(15)8-11/h4-9H,15H2,1-3H3,(H,17,19). The van der Waals surface area contributed by atoms with Crippen LogP contribution in [0.5, 0.6) is 0 Å². The second-order valence-electron chi connectivity index (χ2n) is 4.84. The molecule has 5 heteroatoms. The Morgan fingerprint density at radius 3 is 2.74 bits per heavy atom. The van der Waals surface area contributed by atoms with E-state index in [0.717, 1.165) is 5.56 Å². The highest BCUT2D eigenvalue weighted by molar-refractivity contribution is 6.04. The average molecular weight is 258 g/mol. The first-order valence-electron chi connectivity index (χ1n) is 6.19. The van der Waals surface area contributed by atoms with Gasteiger partial charge in [-0.3, -0.25) is 4.79 Å². The number of nitrogens with two attached hydrogens (primary N) is 1. The molecule has 0 saturated heterocycles. The fraction of sp³-hybridized carbons (Fsp3) is 0.286. The molecule has 1 amide bonds. The van der Waals surface area contributed by atoms with Gasteiger partial charge in [0, 0.05) is 23.4 Å². The number of hydrogen-bond donors (Lipinski definition) is 2. The van der Waals surface area contributed by atoms with E-state index in [1.54, 1.807) is 23.0 Å². The fourth-order valence-electron chi connectivity index (χ4n) is 1.96. The van der Waals surface area contributed by atoms with Gasteiger partial charge in [-0.2, -0.15) is 5.10 Å². The minimum absolute atomic E-state index is 0.183. The Balaban J connectivity index is 2.23. The third-order valence-electron chi connectivity index (χ3n) is 2.76. The van der Waals surface area contributed by atoms with E-state index in [9.17, 15) is 4.79 Å². The van der Waals surface area contributed by atoms with Gasteiger partial charge in [0.1, 0.15) is 5.82 Å². The number of hydrogen-bond acceptors (Lipinski definition) is 3. The maximum absolute atomic E-state index is 12.2. The number of anilines is 2. The minimum atomic E-state index is -0.183. The Labute approximate surface area is 112 Å². The van der Waals surface area contributed by atoms with Crippen molar-refractivity contribution in [1.29, 1.82) is 0 Å². The molecule has 100 valence electrons. The third-order valence-corrected chi connectivity index (χ3v) is 2.76. The summed E-state index contributed by atoms with van der Waals surface area (Å²) in [5.41, 5.74) is 7.85. The Bertz CT molecular complexity index is 581. The lowest BCUT2D eigenvalue weighted by molar-refractivity contribution is 0.102. The van der Waals surface area contributed by atoms with Gasteiger partial charge in [-0.15, -0.1) is 0 Å². The van der Waals surface area contributed by atoms with Crippen molar-refractivity contribution >= 4 is 17.4 Å². The second-order valence-corrected chi connectivity index (χ2v) is 4.84. The van der Waals surface area contributed by atoms with Crippen molar-refractivity contribution in [2.24, 2.45) is 0 Å². The van der Waals surface area contributed by atoms with E-state index in [0.29, 0.717) is 17.1 Å². The summed E-state index contributed by atoms with van der Waals surface area (Å²) in [6.45, 7) is 5.92. The van der Waals surface area contributed by atoms with Crippen molar-refractivity contribution in [2.75, 3.05) is 11.1 Å². The molecule has 0 aliphatic carbocycles. The lowest BCUT2D eigenvalue weighted by Gasteiger charge is -2.12. The first kappa shape index (κ1) is 13.1. The molecule has 0 aliphatic rings. The van der Waals surface area contributed by atoms with Crippen LogP contribution < -0.4 is 11.1 Å². The fourth-order valence-corrected chi connectivity index (χ4v) is 1.96. The molecular formula is C14H18N4O. The van der Waals surface area contributed by atoms with Crippen LogP contribution in [0.1, 0.15) is 35.8 Å². The van der Waals surface area contributed by atoms with E-state index in [1.807, 2.05) is 32.9 Å². The Kier molecular flexibility index (Phi) is 3.55. The summed E-state index contributed by atoms with van der Waals surface area (Å²) in [5.74, 6) is 0.498. The number of nitrogens with zero attached hydrogens (tertiary/aromatic N) is 2. The molecule has 3 N–H and O–H groups in total. The normalized spacial score (nSPS) is 10.7. The average Bonchev–Trinajstić information content (AvgIpc) is 2.75.